The van der Waals surface area contributed by atoms with Crippen LogP contribution in [0.25, 0.3) is 11.2 Å². The molecule has 5 aromatic rings. The van der Waals surface area contributed by atoms with Crippen LogP contribution in [0, 0.1) is 6.92 Å². The van der Waals surface area contributed by atoms with Gasteiger partial charge in [-0.25, -0.2) is 42.5 Å². The first-order valence-electron chi connectivity index (χ1n) is 18.1. The largest absolute Gasteiger partial charge is 0.497 e. The number of rotatable bonds is 8. The summed E-state index contributed by atoms with van der Waals surface area (Å²) in [6.07, 6.45) is -11.8. The smallest absolute Gasteiger partial charge is 0.472 e. The quantitative estimate of drug-likeness (QED) is 0.113. The number of phosphoric acid groups is 1. The number of fused-ring (bicyclic) bond motifs is 3. The Balaban J connectivity index is 1.06. The molecular weight excluding hydrogens is 874 g/mol. The van der Waals surface area contributed by atoms with E-state index in [0.29, 0.717) is 38.4 Å². The molecule has 3 fully saturated rings. The zero-order chi connectivity index (χ0) is 43.2. The minimum atomic E-state index is -5.23. The number of benzene rings is 2. The molecule has 2 unspecified atom stereocenters. The Kier molecular flexibility index (Phi) is 12.0. The molecule has 324 valence electrons. The lowest BCUT2D eigenvalue weighted by molar-refractivity contribution is -0.0619. The van der Waals surface area contributed by atoms with E-state index in [0.717, 1.165) is 29.5 Å². The molecule has 61 heavy (non-hydrogen) atoms. The van der Waals surface area contributed by atoms with Crippen LogP contribution in [0.1, 0.15) is 33.9 Å². The van der Waals surface area contributed by atoms with E-state index >= 15 is 8.78 Å². The molecule has 0 bridgehead atoms. The molecule has 0 spiro atoms. The van der Waals surface area contributed by atoms with Crippen LogP contribution in [0.3, 0.4) is 0 Å². The number of imidazole rings is 1. The van der Waals surface area contributed by atoms with Gasteiger partial charge in [0.15, 0.2) is 36.3 Å². The number of aromatic nitrogens is 6. The second-order valence-corrected chi connectivity index (χ2v) is 19.2. The van der Waals surface area contributed by atoms with Crippen LogP contribution >= 0.6 is 26.0 Å². The van der Waals surface area contributed by atoms with Gasteiger partial charge in [-0.05, 0) is 59.8 Å². The molecule has 26 heteroatoms. The van der Waals surface area contributed by atoms with E-state index in [4.69, 9.17) is 42.8 Å². The number of nitrogens with two attached hydrogens (primary N) is 1. The summed E-state index contributed by atoms with van der Waals surface area (Å²) in [6.45, 7) is -4.68. The highest BCUT2D eigenvalue weighted by Crippen LogP contribution is 2.65. The number of hydrogen-bond acceptors (Lipinski definition) is 18. The fourth-order valence-corrected chi connectivity index (χ4v) is 11.1. The van der Waals surface area contributed by atoms with Crippen molar-refractivity contribution in [2.24, 2.45) is 0 Å². The number of carbonyl (C=O) groups excluding carboxylic acids is 1. The van der Waals surface area contributed by atoms with Crippen LogP contribution in [0.4, 0.5) is 14.6 Å². The van der Waals surface area contributed by atoms with Gasteiger partial charge in [0.25, 0.3) is 5.56 Å². The van der Waals surface area contributed by atoms with Crippen molar-refractivity contribution in [1.82, 2.24) is 29.1 Å². The van der Waals surface area contributed by atoms with Crippen LogP contribution in [0.5, 0.6) is 11.5 Å². The minimum Gasteiger partial charge on any atom is -0.497 e. The minimum absolute atomic E-state index is 0.0162. The van der Waals surface area contributed by atoms with Crippen molar-refractivity contribution < 1.29 is 64.6 Å². The number of ether oxygens (including phenoxy) is 4. The highest BCUT2D eigenvalue weighted by molar-refractivity contribution is 8.54. The average Bonchev–Trinajstić information content (AvgIpc) is 3.88. The van der Waals surface area contributed by atoms with Crippen LogP contribution in [0.15, 0.2) is 77.0 Å². The number of nitrogens with one attached hydrogen (secondary N) is 1. The third kappa shape index (κ3) is 8.91. The molecule has 4 N–H and O–H groups in total. The molecule has 21 nitrogen and oxygen atoms in total. The maximum atomic E-state index is 16.4. The lowest BCUT2D eigenvalue weighted by Gasteiger charge is -2.29. The highest BCUT2D eigenvalue weighted by Gasteiger charge is 2.55. The predicted molar refractivity (Wildman–Crippen MR) is 208 cm³/mol. The number of methoxy groups -OCH3 is 1. The predicted octanol–water partition coefficient (Wildman–Crippen LogP) is 3.93. The molecule has 6 heterocycles. The van der Waals surface area contributed by atoms with E-state index in [-0.39, 0.29) is 28.5 Å². The number of nitrogens with zero attached hydrogens (tertiary/aromatic N) is 5. The number of aromatic amines is 1. The Hall–Kier alpha value is -4.87. The van der Waals surface area contributed by atoms with Gasteiger partial charge in [-0.15, -0.1) is 0 Å². The zero-order valence-corrected chi connectivity index (χ0v) is 34.3. The molecule has 0 amide bonds. The number of halogens is 2. The zero-order valence-electron chi connectivity index (χ0n) is 31.7. The van der Waals surface area contributed by atoms with Gasteiger partial charge in [-0.1, -0.05) is 12.1 Å². The third-order valence-corrected chi connectivity index (χ3v) is 14.4. The molecule has 2 aromatic carbocycles. The first-order chi connectivity index (χ1) is 29.1. The van der Waals surface area contributed by atoms with Gasteiger partial charge in [0.05, 0.1) is 32.2 Å². The summed E-state index contributed by atoms with van der Waals surface area (Å²) in [6, 6.07) is 11.9. The van der Waals surface area contributed by atoms with Crippen molar-refractivity contribution >= 4 is 49.0 Å². The molecule has 3 aliphatic rings. The number of phosphoric ester groups is 1. The SMILES string of the molecule is COc1ccc(C(=O)Oc2ccc(CSP3(=O)OC[C@H]4O[C@@H](n5cnc6c(N)ncnc65)[C@H](F)[C@@H]4OP(=O)(O)OC[C@H]4O[C@@H](n5ccc(=O)[nH]c5=O)[C@H](F)[C@@H]4O3)cc2)c(C)c1. The van der Waals surface area contributed by atoms with Crippen molar-refractivity contribution in [1.29, 1.82) is 0 Å². The fraction of sp³-hybridized carbons (Fsp3) is 0.371. The van der Waals surface area contributed by atoms with Crippen LogP contribution in [-0.4, -0.2) is 97.0 Å². The number of carbonyl (C=O) groups is 1. The number of esters is 1. The van der Waals surface area contributed by atoms with E-state index in [1.54, 1.807) is 37.3 Å². The maximum absolute atomic E-state index is 16.4. The molecule has 0 aliphatic carbocycles. The Morgan fingerprint density at radius 2 is 1.62 bits per heavy atom. The summed E-state index contributed by atoms with van der Waals surface area (Å²) in [5.41, 5.74) is 5.66. The fourth-order valence-electron chi connectivity index (χ4n) is 6.77. The van der Waals surface area contributed by atoms with E-state index in [2.05, 4.69) is 15.0 Å². The highest BCUT2D eigenvalue weighted by atomic mass is 32.7. The molecule has 3 aromatic heterocycles. The van der Waals surface area contributed by atoms with E-state index in [1.807, 2.05) is 4.98 Å². The lowest BCUT2D eigenvalue weighted by Crippen LogP contribution is -2.38. The molecular formula is C35H35F2N7O14P2S. The van der Waals surface area contributed by atoms with Crippen LogP contribution in [-0.2, 0) is 42.5 Å². The Morgan fingerprint density at radius 1 is 0.951 bits per heavy atom. The van der Waals surface area contributed by atoms with Gasteiger partial charge in [0, 0.05) is 18.0 Å². The summed E-state index contributed by atoms with van der Waals surface area (Å²) in [5, 5.41) is 0. The molecule has 0 saturated carbocycles. The van der Waals surface area contributed by atoms with Gasteiger partial charge in [-0.3, -0.25) is 37.0 Å². The topological polar surface area (TPSA) is 270 Å². The number of hydrogen-bond donors (Lipinski definition) is 3. The van der Waals surface area contributed by atoms with Gasteiger partial charge in [0.2, 0.25) is 0 Å². The summed E-state index contributed by atoms with van der Waals surface area (Å²) >= 11 is 0.587. The summed E-state index contributed by atoms with van der Waals surface area (Å²) in [5.74, 6) is 0.00528. The first kappa shape index (κ1) is 42.8. The molecule has 3 saturated heterocycles. The Morgan fingerprint density at radius 3 is 2.31 bits per heavy atom. The summed E-state index contributed by atoms with van der Waals surface area (Å²) < 4.78 is 107. The summed E-state index contributed by atoms with van der Waals surface area (Å²) in [7, 11) is -3.73. The number of anilines is 1. The van der Waals surface area contributed by atoms with Crippen LogP contribution in [0.2, 0.25) is 0 Å². The van der Waals surface area contributed by atoms with Crippen molar-refractivity contribution in [2.45, 2.75) is 61.9 Å². The van der Waals surface area contributed by atoms with Crippen molar-refractivity contribution in [3.05, 3.63) is 105 Å². The van der Waals surface area contributed by atoms with E-state index in [1.165, 1.54) is 19.2 Å². The van der Waals surface area contributed by atoms with Gasteiger partial charge >= 0.3 is 26.3 Å². The second kappa shape index (κ2) is 17.1. The lowest BCUT2D eigenvalue weighted by atomic mass is 10.1. The average molecular weight is 910 g/mol. The van der Waals surface area contributed by atoms with Crippen molar-refractivity contribution in [3.8, 4) is 11.5 Å². The standard InChI is InChI=1S/C35H35F2N7O14P2S/c1-17-11-20(51-2)7-8-21(17)34(46)54-19-5-3-18(4-6-19)14-61-60(50)53-13-23-28(25(36)33(56-23)44-16-41-27-30(38)39-15-40-31(27)44)57-59(48,49)52-12-22-29(58-60)26(37)32(55-22)43-10-9-24(45)42-35(43)47/h3-11,15-16,22-23,25-26,28-29,32-33H,12-14H2,1-2H3,(H,48,49)(H2,38,39,40)(H,42,45,47)/t22-,23-,25-,26-,28-,29-,32-,33-,60?/m1/s1. The third-order valence-electron chi connectivity index (χ3n) is 9.80. The monoisotopic (exact) mass is 909 g/mol. The van der Waals surface area contributed by atoms with E-state index < -0.39 is 94.3 Å². The number of alkyl halides is 2. The number of nitrogen functional groups attached to an aromatic ring is 1. The maximum Gasteiger partial charge on any atom is 0.472 e. The molecule has 3 aliphatic heterocycles. The van der Waals surface area contributed by atoms with Crippen LogP contribution < -0.4 is 26.5 Å². The normalized spacial score (nSPS) is 30.5. The summed E-state index contributed by atoms with van der Waals surface area (Å²) in [4.78, 5) is 62.1. The van der Waals surface area contributed by atoms with E-state index in [9.17, 15) is 28.4 Å². The molecule has 10 atom stereocenters. The van der Waals surface area contributed by atoms with Gasteiger partial charge in [-0.2, -0.15) is 0 Å². The Bertz CT molecular complexity index is 2670. The second-order valence-electron chi connectivity index (χ2n) is 13.8. The van der Waals surface area contributed by atoms with Crippen molar-refractivity contribution in [3.63, 3.8) is 0 Å². The van der Waals surface area contributed by atoms with Crippen molar-refractivity contribution in [2.75, 3.05) is 26.1 Å². The van der Waals surface area contributed by atoms with Gasteiger partial charge in [0.1, 0.15) is 47.8 Å². The Labute approximate surface area is 346 Å². The number of H-pyrrole nitrogens is 1. The number of aryl methyl sites for hydroxylation is 1. The van der Waals surface area contributed by atoms with Gasteiger partial charge < -0.3 is 29.6 Å². The molecule has 8 rings (SSSR count). The molecule has 0 radical (unpaired) electrons. The first-order valence-corrected chi connectivity index (χ1v) is 22.8.